The number of benzene rings is 1. The molecule has 2 aromatic rings. The van der Waals surface area contributed by atoms with Gasteiger partial charge in [0.05, 0.1) is 18.5 Å². The molecule has 0 saturated heterocycles. The quantitative estimate of drug-likeness (QED) is 0.902. The molecule has 0 radical (unpaired) electrons. The van der Waals surface area contributed by atoms with Crippen molar-refractivity contribution in [2.24, 2.45) is 0 Å². The van der Waals surface area contributed by atoms with E-state index in [0.717, 1.165) is 18.5 Å². The van der Waals surface area contributed by atoms with Gasteiger partial charge in [0, 0.05) is 12.1 Å². The molecule has 3 nitrogen and oxygen atoms in total. The van der Waals surface area contributed by atoms with Crippen LogP contribution in [0.1, 0.15) is 31.2 Å². The van der Waals surface area contributed by atoms with E-state index in [1.54, 1.807) is 6.20 Å². The summed E-state index contributed by atoms with van der Waals surface area (Å²) in [5.74, 6) is 1.01. The minimum atomic E-state index is -0.173. The molecule has 0 spiro atoms. The molecule has 1 aromatic carbocycles. The van der Waals surface area contributed by atoms with E-state index in [9.17, 15) is 4.39 Å². The lowest BCUT2D eigenvalue weighted by molar-refractivity contribution is 0.327. The van der Waals surface area contributed by atoms with Crippen LogP contribution >= 0.6 is 0 Å². The molecule has 1 fully saturated rings. The molecule has 3 rings (SSSR count). The van der Waals surface area contributed by atoms with Crippen molar-refractivity contribution in [1.82, 2.24) is 4.98 Å². The van der Waals surface area contributed by atoms with Gasteiger partial charge in [-0.2, -0.15) is 0 Å². The standard InChI is InChI=1S/C17H19FN2O/c1-2-21-17-8-7-15(11-19-17)20-16-9-13(10-16)12-3-5-14(18)6-4-12/h3-8,11,13,16,20H,2,9-10H2,1H3. The third-order valence-corrected chi connectivity index (χ3v) is 3.88. The molecule has 0 unspecified atom stereocenters. The first kappa shape index (κ1) is 13.9. The van der Waals surface area contributed by atoms with Gasteiger partial charge >= 0.3 is 0 Å². The molecule has 0 bridgehead atoms. The van der Waals surface area contributed by atoms with Gasteiger partial charge in [-0.1, -0.05) is 12.1 Å². The van der Waals surface area contributed by atoms with Crippen molar-refractivity contribution >= 4 is 5.69 Å². The third-order valence-electron chi connectivity index (χ3n) is 3.88. The molecule has 1 aliphatic carbocycles. The van der Waals surface area contributed by atoms with Crippen molar-refractivity contribution < 1.29 is 9.13 Å². The smallest absolute Gasteiger partial charge is 0.213 e. The number of anilines is 1. The second kappa shape index (κ2) is 6.12. The number of pyridine rings is 1. The molecule has 1 aliphatic rings. The molecule has 1 saturated carbocycles. The lowest BCUT2D eigenvalue weighted by atomic mass is 9.76. The fraction of sp³-hybridized carbons (Fsp3) is 0.353. The highest BCUT2D eigenvalue weighted by atomic mass is 19.1. The molecule has 1 aromatic heterocycles. The van der Waals surface area contributed by atoms with Crippen molar-refractivity contribution in [1.29, 1.82) is 0 Å². The zero-order chi connectivity index (χ0) is 14.7. The largest absolute Gasteiger partial charge is 0.478 e. The average molecular weight is 286 g/mol. The van der Waals surface area contributed by atoms with Crippen LogP contribution in [0.15, 0.2) is 42.6 Å². The van der Waals surface area contributed by atoms with Gasteiger partial charge in [-0.25, -0.2) is 9.37 Å². The highest BCUT2D eigenvalue weighted by Gasteiger charge is 2.30. The maximum Gasteiger partial charge on any atom is 0.213 e. The van der Waals surface area contributed by atoms with Crippen molar-refractivity contribution in [2.75, 3.05) is 11.9 Å². The number of aromatic nitrogens is 1. The summed E-state index contributed by atoms with van der Waals surface area (Å²) in [5, 5.41) is 3.47. The summed E-state index contributed by atoms with van der Waals surface area (Å²) < 4.78 is 18.2. The van der Waals surface area contributed by atoms with Gasteiger partial charge in [0.25, 0.3) is 0 Å². The third kappa shape index (κ3) is 3.32. The fourth-order valence-electron chi connectivity index (χ4n) is 2.68. The van der Waals surface area contributed by atoms with Gasteiger partial charge in [-0.15, -0.1) is 0 Å². The summed E-state index contributed by atoms with van der Waals surface area (Å²) in [7, 11) is 0. The zero-order valence-corrected chi connectivity index (χ0v) is 12.1. The number of nitrogens with zero attached hydrogens (tertiary/aromatic N) is 1. The highest BCUT2D eigenvalue weighted by Crippen LogP contribution is 2.38. The van der Waals surface area contributed by atoms with Crippen LogP contribution < -0.4 is 10.1 Å². The van der Waals surface area contributed by atoms with Crippen LogP contribution in [0.25, 0.3) is 0 Å². The maximum absolute atomic E-state index is 12.9. The molecule has 4 heteroatoms. The van der Waals surface area contributed by atoms with Crippen LogP contribution in [-0.2, 0) is 0 Å². The first-order valence-electron chi connectivity index (χ1n) is 7.35. The van der Waals surface area contributed by atoms with E-state index in [1.807, 2.05) is 31.2 Å². The molecule has 1 heterocycles. The lowest BCUT2D eigenvalue weighted by Crippen LogP contribution is -2.34. The molecular weight excluding hydrogens is 267 g/mol. The number of ether oxygens (including phenoxy) is 1. The van der Waals surface area contributed by atoms with E-state index >= 15 is 0 Å². The van der Waals surface area contributed by atoms with Crippen molar-refractivity contribution in [2.45, 2.75) is 31.7 Å². The van der Waals surface area contributed by atoms with Gasteiger partial charge < -0.3 is 10.1 Å². The Morgan fingerprint density at radius 1 is 1.19 bits per heavy atom. The molecule has 21 heavy (non-hydrogen) atoms. The summed E-state index contributed by atoms with van der Waals surface area (Å²) in [6.45, 7) is 2.57. The number of halogens is 1. The van der Waals surface area contributed by atoms with Gasteiger partial charge in [0.1, 0.15) is 5.82 Å². The predicted octanol–water partition coefficient (Wildman–Crippen LogP) is 3.98. The first-order valence-corrected chi connectivity index (χ1v) is 7.35. The Morgan fingerprint density at radius 2 is 1.95 bits per heavy atom. The Kier molecular flexibility index (Phi) is 4.04. The van der Waals surface area contributed by atoms with Crippen LogP contribution in [0.3, 0.4) is 0 Å². The lowest BCUT2D eigenvalue weighted by Gasteiger charge is -2.36. The van der Waals surface area contributed by atoms with E-state index in [1.165, 1.54) is 17.7 Å². The van der Waals surface area contributed by atoms with Crippen LogP contribution in [0.4, 0.5) is 10.1 Å². The van der Waals surface area contributed by atoms with E-state index < -0.39 is 0 Å². The minimum Gasteiger partial charge on any atom is -0.478 e. The number of nitrogens with one attached hydrogen (secondary N) is 1. The molecule has 110 valence electrons. The summed E-state index contributed by atoms with van der Waals surface area (Å²) in [4.78, 5) is 4.24. The summed E-state index contributed by atoms with van der Waals surface area (Å²) in [6, 6.07) is 11.2. The van der Waals surface area contributed by atoms with Crippen LogP contribution in [0.5, 0.6) is 5.88 Å². The van der Waals surface area contributed by atoms with Crippen molar-refractivity contribution in [3.8, 4) is 5.88 Å². The van der Waals surface area contributed by atoms with Crippen LogP contribution in [-0.4, -0.2) is 17.6 Å². The van der Waals surface area contributed by atoms with Gasteiger partial charge in [-0.05, 0) is 49.4 Å². The van der Waals surface area contributed by atoms with Crippen molar-refractivity contribution in [3.63, 3.8) is 0 Å². The van der Waals surface area contributed by atoms with Crippen LogP contribution in [0.2, 0.25) is 0 Å². The first-order chi connectivity index (χ1) is 10.2. The summed E-state index contributed by atoms with van der Waals surface area (Å²) in [5.41, 5.74) is 2.24. The second-order valence-corrected chi connectivity index (χ2v) is 5.38. The Labute approximate surface area is 124 Å². The minimum absolute atomic E-state index is 0.173. The number of hydrogen-bond donors (Lipinski definition) is 1. The summed E-state index contributed by atoms with van der Waals surface area (Å²) in [6.07, 6.45) is 3.94. The van der Waals surface area contributed by atoms with Gasteiger partial charge in [0.15, 0.2) is 0 Å². The SMILES string of the molecule is CCOc1ccc(NC2CC(c3ccc(F)cc3)C2)cn1. The van der Waals surface area contributed by atoms with Gasteiger partial charge in [0.2, 0.25) is 5.88 Å². The maximum atomic E-state index is 12.9. The Hall–Kier alpha value is -2.10. The number of rotatable bonds is 5. The fourth-order valence-corrected chi connectivity index (χ4v) is 2.68. The van der Waals surface area contributed by atoms with E-state index in [2.05, 4.69) is 10.3 Å². The predicted molar refractivity (Wildman–Crippen MR) is 81.2 cm³/mol. The van der Waals surface area contributed by atoms with E-state index in [0.29, 0.717) is 24.4 Å². The van der Waals surface area contributed by atoms with E-state index in [4.69, 9.17) is 4.74 Å². The second-order valence-electron chi connectivity index (χ2n) is 5.38. The zero-order valence-electron chi connectivity index (χ0n) is 12.1. The molecule has 0 atom stereocenters. The normalized spacial score (nSPS) is 20.7. The van der Waals surface area contributed by atoms with E-state index in [-0.39, 0.29) is 5.82 Å². The topological polar surface area (TPSA) is 34.1 Å². The number of hydrogen-bond acceptors (Lipinski definition) is 3. The molecule has 0 aliphatic heterocycles. The Morgan fingerprint density at radius 3 is 2.57 bits per heavy atom. The molecular formula is C17H19FN2O. The summed E-state index contributed by atoms with van der Waals surface area (Å²) >= 11 is 0. The molecule has 1 N–H and O–H groups in total. The monoisotopic (exact) mass is 286 g/mol. The highest BCUT2D eigenvalue weighted by molar-refractivity contribution is 5.44. The average Bonchev–Trinajstić information content (AvgIpc) is 2.46. The Bertz CT molecular complexity index is 577. The molecule has 0 amide bonds. The van der Waals surface area contributed by atoms with Gasteiger partial charge in [-0.3, -0.25) is 0 Å². The Balaban J connectivity index is 1.51. The van der Waals surface area contributed by atoms with Crippen LogP contribution in [0, 0.1) is 5.82 Å². The van der Waals surface area contributed by atoms with Crippen molar-refractivity contribution in [3.05, 3.63) is 54.0 Å².